The Labute approximate surface area is 171 Å². The van der Waals surface area contributed by atoms with Crippen molar-refractivity contribution < 1.29 is 9.72 Å². The van der Waals surface area contributed by atoms with E-state index in [0.29, 0.717) is 5.13 Å². The third-order valence-corrected chi connectivity index (χ3v) is 5.71. The molecular formula is C17H12IN3O3S2. The highest BCUT2D eigenvalue weighted by molar-refractivity contribution is 14.1. The molecule has 0 saturated heterocycles. The first kappa shape index (κ1) is 18.8. The van der Waals surface area contributed by atoms with Crippen molar-refractivity contribution >= 4 is 62.4 Å². The average molecular weight is 497 g/mol. The summed E-state index contributed by atoms with van der Waals surface area (Å²) in [5, 5.41) is 16.1. The van der Waals surface area contributed by atoms with E-state index in [0.717, 1.165) is 19.7 Å². The Hall–Kier alpha value is -1.98. The second-order valence-corrected chi connectivity index (χ2v) is 8.12. The summed E-state index contributed by atoms with van der Waals surface area (Å²) in [5.41, 5.74) is 1.48. The van der Waals surface area contributed by atoms with E-state index >= 15 is 0 Å². The molecule has 0 radical (unpaired) electrons. The number of amides is 1. The summed E-state index contributed by atoms with van der Waals surface area (Å²) in [6.07, 6.45) is 1.84. The van der Waals surface area contributed by atoms with Gasteiger partial charge in [-0.05, 0) is 53.1 Å². The van der Waals surface area contributed by atoms with Gasteiger partial charge in [-0.2, -0.15) is 0 Å². The number of hydrogen-bond acceptors (Lipinski definition) is 6. The van der Waals surface area contributed by atoms with Crippen LogP contribution in [0.2, 0.25) is 0 Å². The highest BCUT2D eigenvalue weighted by atomic mass is 127. The van der Waals surface area contributed by atoms with Gasteiger partial charge < -0.3 is 0 Å². The fourth-order valence-electron chi connectivity index (χ4n) is 2.23. The number of nitrogens with one attached hydrogen (secondary N) is 1. The third kappa shape index (κ3) is 4.22. The molecule has 9 heteroatoms. The average Bonchev–Trinajstić information content (AvgIpc) is 3.10. The van der Waals surface area contributed by atoms with Gasteiger partial charge in [0.15, 0.2) is 5.13 Å². The molecule has 0 fully saturated rings. The van der Waals surface area contributed by atoms with Crippen molar-refractivity contribution in [2.24, 2.45) is 0 Å². The summed E-state index contributed by atoms with van der Waals surface area (Å²) >= 11 is 4.92. The summed E-state index contributed by atoms with van der Waals surface area (Å²) < 4.78 is 1.12. The Bertz CT molecular complexity index is 974. The van der Waals surface area contributed by atoms with Gasteiger partial charge in [0.25, 0.3) is 11.6 Å². The van der Waals surface area contributed by atoms with Gasteiger partial charge in [0.05, 0.1) is 10.6 Å². The first-order chi connectivity index (χ1) is 12.5. The van der Waals surface area contributed by atoms with Crippen LogP contribution in [0.3, 0.4) is 0 Å². The van der Waals surface area contributed by atoms with Crippen molar-refractivity contribution in [1.29, 1.82) is 0 Å². The summed E-state index contributed by atoms with van der Waals surface area (Å²) in [6, 6.07) is 12.4. The Balaban J connectivity index is 1.85. The van der Waals surface area contributed by atoms with E-state index in [1.807, 2.05) is 35.9 Å². The molecule has 1 N–H and O–H groups in total. The van der Waals surface area contributed by atoms with E-state index in [2.05, 4.69) is 32.9 Å². The zero-order valence-corrected chi connectivity index (χ0v) is 17.2. The quantitative estimate of drug-likeness (QED) is 0.224. The molecule has 3 aromatic rings. The van der Waals surface area contributed by atoms with Crippen molar-refractivity contribution in [1.82, 2.24) is 4.98 Å². The summed E-state index contributed by atoms with van der Waals surface area (Å²) in [7, 11) is 0. The lowest BCUT2D eigenvalue weighted by molar-refractivity contribution is -0.385. The molecule has 6 nitrogen and oxygen atoms in total. The number of aromatic nitrogens is 1. The summed E-state index contributed by atoms with van der Waals surface area (Å²) in [6.45, 7) is 0. The van der Waals surface area contributed by atoms with Crippen LogP contribution in [0.1, 0.15) is 10.4 Å². The minimum Gasteiger partial charge on any atom is -0.298 e. The van der Waals surface area contributed by atoms with E-state index in [-0.39, 0.29) is 11.3 Å². The third-order valence-electron chi connectivity index (χ3n) is 3.51. The predicted molar refractivity (Wildman–Crippen MR) is 113 cm³/mol. The Morgan fingerprint density at radius 1 is 1.27 bits per heavy atom. The summed E-state index contributed by atoms with van der Waals surface area (Å²) in [5.74, 6) is -0.545. The standard InChI is InChI=1S/C17H12IN3O3S2/c1-25-12-6-7-15(21(23)24)13(8-12)16(22)20-17-19-14(9-26-17)10-2-4-11(18)5-3-10/h2-9H,1H3,(H,19,20,22). The van der Waals surface area contributed by atoms with Crippen molar-refractivity contribution in [2.75, 3.05) is 11.6 Å². The maximum atomic E-state index is 12.5. The first-order valence-electron chi connectivity index (χ1n) is 7.33. The maximum absolute atomic E-state index is 12.5. The maximum Gasteiger partial charge on any atom is 0.282 e. The van der Waals surface area contributed by atoms with E-state index in [1.165, 1.54) is 35.2 Å². The van der Waals surface area contributed by atoms with E-state index < -0.39 is 10.8 Å². The minimum absolute atomic E-state index is 0.0212. The molecule has 0 aliphatic rings. The Morgan fingerprint density at radius 2 is 2.00 bits per heavy atom. The van der Waals surface area contributed by atoms with Crippen LogP contribution in [0.15, 0.2) is 52.7 Å². The fraction of sp³-hybridized carbons (Fsp3) is 0.0588. The molecule has 3 rings (SSSR count). The predicted octanol–water partition coefficient (Wildman–Crippen LogP) is 5.30. The van der Waals surface area contributed by atoms with Crippen LogP contribution >= 0.6 is 45.7 Å². The lowest BCUT2D eigenvalue weighted by Crippen LogP contribution is -2.14. The van der Waals surface area contributed by atoms with E-state index in [4.69, 9.17) is 0 Å². The normalized spacial score (nSPS) is 10.5. The molecule has 1 heterocycles. The van der Waals surface area contributed by atoms with Crippen molar-refractivity contribution in [2.45, 2.75) is 4.90 Å². The largest absolute Gasteiger partial charge is 0.298 e. The number of hydrogen-bond donors (Lipinski definition) is 1. The summed E-state index contributed by atoms with van der Waals surface area (Å²) in [4.78, 5) is 28.4. The molecular weight excluding hydrogens is 485 g/mol. The Morgan fingerprint density at radius 3 is 2.65 bits per heavy atom. The fourth-order valence-corrected chi connectivity index (χ4v) is 3.75. The van der Waals surface area contributed by atoms with Gasteiger partial charge in [0, 0.05) is 25.5 Å². The molecule has 0 aliphatic heterocycles. The van der Waals surface area contributed by atoms with Crippen LogP contribution in [0, 0.1) is 13.7 Å². The van der Waals surface area contributed by atoms with Crippen LogP contribution in [0.5, 0.6) is 0 Å². The van der Waals surface area contributed by atoms with Crippen LogP contribution in [-0.2, 0) is 0 Å². The topological polar surface area (TPSA) is 85.1 Å². The number of halogens is 1. The number of nitro groups is 1. The number of anilines is 1. The molecule has 0 spiro atoms. The zero-order valence-electron chi connectivity index (χ0n) is 13.4. The molecule has 1 aromatic heterocycles. The van der Waals surface area contributed by atoms with Crippen LogP contribution in [-0.4, -0.2) is 22.1 Å². The number of thiazole rings is 1. The molecule has 26 heavy (non-hydrogen) atoms. The van der Waals surface area contributed by atoms with E-state index in [1.54, 1.807) is 6.07 Å². The van der Waals surface area contributed by atoms with Crippen molar-refractivity contribution in [3.8, 4) is 11.3 Å². The molecule has 0 bridgehead atoms. The number of carbonyl (C=O) groups excluding carboxylic acids is 1. The van der Waals surface area contributed by atoms with Crippen LogP contribution in [0.25, 0.3) is 11.3 Å². The molecule has 132 valence electrons. The second-order valence-electron chi connectivity index (χ2n) is 5.14. The van der Waals surface area contributed by atoms with Gasteiger partial charge in [0.1, 0.15) is 5.56 Å². The lowest BCUT2D eigenvalue weighted by atomic mass is 10.1. The monoisotopic (exact) mass is 497 g/mol. The lowest BCUT2D eigenvalue weighted by Gasteiger charge is -2.05. The van der Waals surface area contributed by atoms with Gasteiger partial charge >= 0.3 is 0 Å². The van der Waals surface area contributed by atoms with Crippen molar-refractivity contribution in [3.63, 3.8) is 0 Å². The number of nitro benzene ring substituents is 1. The Kier molecular flexibility index (Phi) is 5.89. The van der Waals surface area contributed by atoms with Gasteiger partial charge in [-0.25, -0.2) is 4.98 Å². The van der Waals surface area contributed by atoms with Gasteiger partial charge in [0.2, 0.25) is 0 Å². The molecule has 2 aromatic carbocycles. The number of thioether (sulfide) groups is 1. The molecule has 0 unspecified atom stereocenters. The highest BCUT2D eigenvalue weighted by Gasteiger charge is 2.21. The molecule has 0 atom stereocenters. The highest BCUT2D eigenvalue weighted by Crippen LogP contribution is 2.28. The molecule has 0 saturated carbocycles. The first-order valence-corrected chi connectivity index (χ1v) is 10.5. The number of carbonyl (C=O) groups is 1. The van der Waals surface area contributed by atoms with Gasteiger partial charge in [-0.15, -0.1) is 23.1 Å². The smallest absolute Gasteiger partial charge is 0.282 e. The van der Waals surface area contributed by atoms with E-state index in [9.17, 15) is 14.9 Å². The van der Waals surface area contributed by atoms with Gasteiger partial charge in [-0.1, -0.05) is 12.1 Å². The van der Waals surface area contributed by atoms with Gasteiger partial charge in [-0.3, -0.25) is 20.2 Å². The molecule has 0 aliphatic carbocycles. The minimum atomic E-state index is -0.558. The molecule has 1 amide bonds. The zero-order chi connectivity index (χ0) is 18.7. The van der Waals surface area contributed by atoms with Crippen LogP contribution in [0.4, 0.5) is 10.8 Å². The number of benzene rings is 2. The van der Waals surface area contributed by atoms with Crippen molar-refractivity contribution in [3.05, 3.63) is 67.1 Å². The van der Waals surface area contributed by atoms with Crippen LogP contribution < -0.4 is 5.32 Å². The number of nitrogens with zero attached hydrogens (tertiary/aromatic N) is 2. The number of rotatable bonds is 5. The second kappa shape index (κ2) is 8.14. The SMILES string of the molecule is CSc1ccc([N+](=O)[O-])c(C(=O)Nc2nc(-c3ccc(I)cc3)cs2)c1.